The monoisotopic (exact) mass is 233 g/mol. The van der Waals surface area contributed by atoms with Crippen molar-refractivity contribution in [2.75, 3.05) is 6.61 Å². The summed E-state index contributed by atoms with van der Waals surface area (Å²) >= 11 is 0. The highest BCUT2D eigenvalue weighted by Gasteiger charge is 2.14. The van der Waals surface area contributed by atoms with Crippen LogP contribution in [0.4, 0.5) is 0 Å². The number of hydrogen-bond acceptors (Lipinski definition) is 3. The summed E-state index contributed by atoms with van der Waals surface area (Å²) < 4.78 is 10.7. The molecule has 0 heterocycles. The van der Waals surface area contributed by atoms with Gasteiger partial charge in [0.25, 0.3) is 15.0 Å². The van der Waals surface area contributed by atoms with Crippen molar-refractivity contribution in [3.8, 4) is 0 Å². The van der Waals surface area contributed by atoms with Gasteiger partial charge in [0, 0.05) is 13.0 Å². The van der Waals surface area contributed by atoms with Crippen molar-refractivity contribution < 1.29 is 13.6 Å². The first-order valence-electron chi connectivity index (χ1n) is 4.96. The van der Waals surface area contributed by atoms with Crippen molar-refractivity contribution >= 4 is 23.3 Å². The maximum absolute atomic E-state index is 11.1. The Hall–Kier alpha value is -0.136. The second kappa shape index (κ2) is 6.37. The minimum Gasteiger partial charge on any atom is -0.518 e. The average Bonchev–Trinajstić information content (AvgIpc) is 1.95. The molecular formula is C9H21O3Si2. The molecule has 14 heavy (non-hydrogen) atoms. The van der Waals surface area contributed by atoms with E-state index in [1.807, 2.05) is 13.1 Å². The highest BCUT2D eigenvalue weighted by atomic mass is 28.4. The van der Waals surface area contributed by atoms with Crippen molar-refractivity contribution in [2.24, 2.45) is 0 Å². The average molecular weight is 233 g/mol. The smallest absolute Gasteiger partial charge is 0.292 e. The molecule has 5 heteroatoms. The number of hydrogen-bond donors (Lipinski definition) is 0. The third-order valence-electron chi connectivity index (χ3n) is 1.38. The van der Waals surface area contributed by atoms with Crippen LogP contribution in [0.3, 0.4) is 0 Å². The molecule has 83 valence electrons. The Bertz CT molecular complexity index is 175. The van der Waals surface area contributed by atoms with Gasteiger partial charge in [-0.25, -0.2) is 0 Å². The molecule has 1 radical (unpaired) electrons. The summed E-state index contributed by atoms with van der Waals surface area (Å²) in [6.45, 7) is 11.0. The second-order valence-electron chi connectivity index (χ2n) is 4.45. The fraction of sp³-hybridized carbons (Fsp3) is 0.889. The molecule has 0 unspecified atom stereocenters. The lowest BCUT2D eigenvalue weighted by atomic mass is 10.3. The fourth-order valence-corrected chi connectivity index (χ4v) is 2.19. The normalized spacial score (nSPS) is 11.9. The first-order valence-corrected chi connectivity index (χ1v) is 10.8. The van der Waals surface area contributed by atoms with E-state index in [4.69, 9.17) is 8.85 Å². The highest BCUT2D eigenvalue weighted by molar-refractivity contribution is 6.69. The van der Waals surface area contributed by atoms with Crippen LogP contribution in [0.2, 0.25) is 32.7 Å². The highest BCUT2D eigenvalue weighted by Crippen LogP contribution is 2.04. The van der Waals surface area contributed by atoms with Crippen LogP contribution >= 0.6 is 0 Å². The van der Waals surface area contributed by atoms with Crippen molar-refractivity contribution in [2.45, 2.75) is 45.6 Å². The van der Waals surface area contributed by atoms with Crippen LogP contribution in [0.15, 0.2) is 0 Å². The van der Waals surface area contributed by atoms with E-state index in [1.165, 1.54) is 0 Å². The SMILES string of the molecule is C[Si](C)OC(=O)CCCO[Si](C)(C)C. The van der Waals surface area contributed by atoms with E-state index in [-0.39, 0.29) is 5.97 Å². The van der Waals surface area contributed by atoms with Crippen LogP contribution in [-0.4, -0.2) is 29.9 Å². The molecule has 3 nitrogen and oxygen atoms in total. The standard InChI is InChI=1S/C9H21O3Si2/c1-13(2)12-9(10)7-6-8-11-14(3,4)5/h6-8H2,1-5H3. The van der Waals surface area contributed by atoms with Crippen LogP contribution in [0.25, 0.3) is 0 Å². The molecular weight excluding hydrogens is 212 g/mol. The van der Waals surface area contributed by atoms with Crippen LogP contribution in [0.5, 0.6) is 0 Å². The quantitative estimate of drug-likeness (QED) is 0.522. The Balaban J connectivity index is 3.41. The summed E-state index contributed by atoms with van der Waals surface area (Å²) in [6, 6.07) is 0. The van der Waals surface area contributed by atoms with Gasteiger partial charge in [0.1, 0.15) is 0 Å². The maximum atomic E-state index is 11.1. The maximum Gasteiger partial charge on any atom is 0.292 e. The minimum atomic E-state index is -1.41. The summed E-state index contributed by atoms with van der Waals surface area (Å²) in [7, 11) is -2.29. The van der Waals surface area contributed by atoms with Gasteiger partial charge in [0.15, 0.2) is 8.32 Å². The zero-order chi connectivity index (χ0) is 11.2. The van der Waals surface area contributed by atoms with E-state index in [9.17, 15) is 4.79 Å². The summed E-state index contributed by atoms with van der Waals surface area (Å²) in [6.07, 6.45) is 1.26. The first-order chi connectivity index (χ1) is 6.31. The molecule has 0 fully saturated rings. The van der Waals surface area contributed by atoms with Gasteiger partial charge in [-0.1, -0.05) is 0 Å². The molecule has 0 aromatic heterocycles. The molecule has 0 atom stereocenters. The van der Waals surface area contributed by atoms with Gasteiger partial charge < -0.3 is 8.85 Å². The summed E-state index contributed by atoms with van der Waals surface area (Å²) in [4.78, 5) is 11.1. The predicted molar refractivity (Wildman–Crippen MR) is 62.1 cm³/mol. The van der Waals surface area contributed by atoms with E-state index in [0.717, 1.165) is 6.42 Å². The van der Waals surface area contributed by atoms with Gasteiger partial charge in [-0.3, -0.25) is 4.79 Å². The minimum absolute atomic E-state index is 0.0805. The van der Waals surface area contributed by atoms with Gasteiger partial charge in [0.2, 0.25) is 0 Å². The lowest BCUT2D eigenvalue weighted by Crippen LogP contribution is -2.26. The van der Waals surface area contributed by atoms with Crippen LogP contribution in [-0.2, 0) is 13.6 Å². The van der Waals surface area contributed by atoms with Crippen molar-refractivity contribution in [1.29, 1.82) is 0 Å². The number of carbonyl (C=O) groups excluding carboxylic acids is 1. The molecule has 0 bridgehead atoms. The van der Waals surface area contributed by atoms with Gasteiger partial charge in [-0.05, 0) is 39.2 Å². The van der Waals surface area contributed by atoms with Gasteiger partial charge in [-0.2, -0.15) is 0 Å². The lowest BCUT2D eigenvalue weighted by Gasteiger charge is -2.16. The van der Waals surface area contributed by atoms with Gasteiger partial charge in [0.05, 0.1) is 0 Å². The molecule has 0 aliphatic heterocycles. The van der Waals surface area contributed by atoms with Gasteiger partial charge >= 0.3 is 0 Å². The topological polar surface area (TPSA) is 35.5 Å². The Labute approximate surface area is 89.7 Å². The Morgan fingerprint density at radius 1 is 1.29 bits per heavy atom. The molecule has 0 aliphatic rings. The van der Waals surface area contributed by atoms with E-state index >= 15 is 0 Å². The molecule has 0 amide bonds. The summed E-state index contributed by atoms with van der Waals surface area (Å²) in [5, 5.41) is 0. The summed E-state index contributed by atoms with van der Waals surface area (Å²) in [5.74, 6) is -0.0805. The molecule has 0 N–H and O–H groups in total. The molecule has 0 saturated carbocycles. The third kappa shape index (κ3) is 9.95. The van der Waals surface area contributed by atoms with Gasteiger partial charge in [-0.15, -0.1) is 0 Å². The Morgan fingerprint density at radius 2 is 1.86 bits per heavy atom. The number of rotatable bonds is 6. The number of carbonyl (C=O) groups is 1. The predicted octanol–water partition coefficient (Wildman–Crippen LogP) is 2.41. The first kappa shape index (κ1) is 13.9. The van der Waals surface area contributed by atoms with Crippen LogP contribution < -0.4 is 0 Å². The molecule has 0 aromatic carbocycles. The van der Waals surface area contributed by atoms with Crippen LogP contribution in [0, 0.1) is 0 Å². The molecule has 0 aromatic rings. The zero-order valence-corrected chi connectivity index (χ0v) is 11.8. The van der Waals surface area contributed by atoms with E-state index < -0.39 is 17.4 Å². The van der Waals surface area contributed by atoms with Crippen molar-refractivity contribution in [3.05, 3.63) is 0 Å². The second-order valence-corrected chi connectivity index (χ2v) is 11.0. The zero-order valence-electron chi connectivity index (χ0n) is 9.85. The Kier molecular flexibility index (Phi) is 6.30. The summed E-state index contributed by atoms with van der Waals surface area (Å²) in [5.41, 5.74) is 0. The molecule has 0 aliphatic carbocycles. The van der Waals surface area contributed by atoms with E-state index in [0.29, 0.717) is 13.0 Å². The van der Waals surface area contributed by atoms with E-state index in [1.54, 1.807) is 0 Å². The fourth-order valence-electron chi connectivity index (χ4n) is 0.874. The largest absolute Gasteiger partial charge is 0.518 e. The Morgan fingerprint density at radius 3 is 2.29 bits per heavy atom. The third-order valence-corrected chi connectivity index (χ3v) is 3.08. The van der Waals surface area contributed by atoms with Crippen molar-refractivity contribution in [1.82, 2.24) is 0 Å². The van der Waals surface area contributed by atoms with Crippen LogP contribution in [0.1, 0.15) is 12.8 Å². The lowest BCUT2D eigenvalue weighted by molar-refractivity contribution is -0.134. The molecule has 0 rings (SSSR count). The van der Waals surface area contributed by atoms with E-state index in [2.05, 4.69) is 19.6 Å². The molecule has 0 saturated heterocycles. The molecule has 0 spiro atoms. The van der Waals surface area contributed by atoms with Crippen molar-refractivity contribution in [3.63, 3.8) is 0 Å².